The lowest BCUT2D eigenvalue weighted by Crippen LogP contribution is -2.60. The molecule has 0 spiro atoms. The molecule has 3 N–H and O–H groups in total. The number of carbonyl (C=O) groups excluding carboxylic acids is 3. The molecular weight excluding hydrogens is 907 g/mol. The zero-order valence-corrected chi connectivity index (χ0v) is 47.4. The van der Waals surface area contributed by atoms with Crippen LogP contribution in [0.2, 0.25) is 0 Å². The van der Waals surface area contributed by atoms with Gasteiger partial charge in [0.25, 0.3) is 17.7 Å². The van der Waals surface area contributed by atoms with Gasteiger partial charge in [-0.05, 0) is 159 Å². The van der Waals surface area contributed by atoms with Gasteiger partial charge < -0.3 is 15.3 Å². The van der Waals surface area contributed by atoms with E-state index in [0.29, 0.717) is 36.0 Å². The summed E-state index contributed by atoms with van der Waals surface area (Å²) in [5.41, 5.74) is -6.32. The van der Waals surface area contributed by atoms with E-state index < -0.39 is 68.8 Å². The van der Waals surface area contributed by atoms with Gasteiger partial charge in [-0.1, -0.05) is 145 Å². The molecule has 4 rings (SSSR count). The smallest absolute Gasteiger partial charge is 0.350 e. The van der Waals surface area contributed by atoms with Crippen molar-refractivity contribution in [2.24, 2.45) is 50.2 Å². The Balaban J connectivity index is 2.25. The normalized spacial score (nSPS) is 15.6. The van der Waals surface area contributed by atoms with Crippen molar-refractivity contribution in [2.45, 2.75) is 182 Å². The van der Waals surface area contributed by atoms with Crippen LogP contribution in [0.4, 0.5) is 0 Å². The molecule has 0 aliphatic rings. The van der Waals surface area contributed by atoms with E-state index in [9.17, 15) is 15.3 Å². The molecule has 6 atom stereocenters. The molecule has 1 aromatic heterocycles. The van der Waals surface area contributed by atoms with Crippen molar-refractivity contribution in [1.29, 1.82) is 0 Å². The van der Waals surface area contributed by atoms with Crippen molar-refractivity contribution >= 4 is 17.7 Å². The highest BCUT2D eigenvalue weighted by Crippen LogP contribution is 2.48. The molecule has 12 heteroatoms. The summed E-state index contributed by atoms with van der Waals surface area (Å²) in [6.45, 7) is 43.2. The van der Waals surface area contributed by atoms with E-state index in [2.05, 4.69) is 83.1 Å². The molecule has 0 radical (unpaired) electrons. The monoisotopic (exact) mass is 994 g/mol. The van der Waals surface area contributed by atoms with Gasteiger partial charge in [-0.15, -0.1) is 0 Å². The zero-order chi connectivity index (χ0) is 55.3. The summed E-state index contributed by atoms with van der Waals surface area (Å²) in [5, 5.41) is 33.0. The molecule has 0 aliphatic carbocycles. The predicted octanol–water partition coefficient (Wildman–Crippen LogP) is 13.0. The quantitative estimate of drug-likeness (QED) is 0.125. The van der Waals surface area contributed by atoms with Gasteiger partial charge in [0, 0.05) is 16.7 Å². The van der Waals surface area contributed by atoms with E-state index in [-0.39, 0.29) is 81.6 Å². The Kier molecular flexibility index (Phi) is 17.0. The maximum atomic E-state index is 15.5. The van der Waals surface area contributed by atoms with Gasteiger partial charge in [0.05, 0.1) is 0 Å². The van der Waals surface area contributed by atoms with Crippen LogP contribution in [0, 0.1) is 50.2 Å². The third-order valence-corrected chi connectivity index (χ3v) is 16.0. The SMILES string of the molecule is CC(CC(c1cc(O)ccc1C(=O)n1c(=O)n(C(=O)c2ccc(O)cc2C(CC(C)C(C)(C)C)C(C)(C)C)c(=O)n(C(=O)c2ccc(O)cc2C(CC(C)C(C)(C)C)C(C)(C)C)c1=O)C(C)(C)C)C(C)(C)C. The van der Waals surface area contributed by atoms with Gasteiger partial charge in [-0.3, -0.25) is 14.4 Å². The van der Waals surface area contributed by atoms with Crippen LogP contribution in [0.15, 0.2) is 69.0 Å². The second-order valence-electron chi connectivity index (χ2n) is 27.3. The van der Waals surface area contributed by atoms with Crippen molar-refractivity contribution in [3.8, 4) is 17.2 Å². The number of rotatable bonds is 12. The fourth-order valence-electron chi connectivity index (χ4n) is 9.49. The highest BCUT2D eigenvalue weighted by molar-refractivity contribution is 6.01. The summed E-state index contributed by atoms with van der Waals surface area (Å²) in [6, 6.07) is 12.1. The molecule has 0 saturated heterocycles. The molecule has 6 unspecified atom stereocenters. The zero-order valence-electron chi connectivity index (χ0n) is 47.4. The first-order valence-corrected chi connectivity index (χ1v) is 25.7. The first kappa shape index (κ1) is 59.0. The largest absolute Gasteiger partial charge is 0.508 e. The van der Waals surface area contributed by atoms with Crippen molar-refractivity contribution in [2.75, 3.05) is 0 Å². The summed E-state index contributed by atoms with van der Waals surface area (Å²) >= 11 is 0. The minimum Gasteiger partial charge on any atom is -0.508 e. The summed E-state index contributed by atoms with van der Waals surface area (Å²) in [7, 11) is 0. The Bertz CT molecular complexity index is 2520. The van der Waals surface area contributed by atoms with E-state index >= 15 is 28.8 Å². The number of phenols is 3. The van der Waals surface area contributed by atoms with E-state index in [0.717, 1.165) is 0 Å². The molecule has 0 bridgehead atoms. The highest BCUT2D eigenvalue weighted by atomic mass is 16.3. The first-order chi connectivity index (χ1) is 32.5. The fourth-order valence-corrected chi connectivity index (χ4v) is 9.49. The Morgan fingerprint density at radius 2 is 0.569 bits per heavy atom. The van der Waals surface area contributed by atoms with Crippen LogP contribution < -0.4 is 17.1 Å². The molecule has 396 valence electrons. The molecule has 0 fully saturated rings. The Hall–Kier alpha value is -5.52. The number of aromatic nitrogens is 3. The standard InChI is InChI=1S/C60H87N3O9/c1-34(55(4,5)6)28-46(58(13,14)15)43-31-37(64)22-25-40(43)49(67)61-52(70)62(50(68)41-26-23-38(65)32-44(41)47(59(16,17)18)29-35(2)56(7,8)9)54(72)63(53(61)71)51(69)42-27-24-39(66)33-45(42)48(60(19,20)21)30-36(3)57(10,11)12/h22-27,31-36,46-48,64-66H,28-30H2,1-21H3. The van der Waals surface area contributed by atoms with Gasteiger partial charge in [0.1, 0.15) is 17.2 Å². The number of hydrogen-bond acceptors (Lipinski definition) is 9. The van der Waals surface area contributed by atoms with E-state index in [1.807, 2.05) is 62.3 Å². The lowest BCUT2D eigenvalue weighted by molar-refractivity contribution is 0.0895. The molecule has 72 heavy (non-hydrogen) atoms. The number of phenolic OH excluding ortho intramolecular Hbond substituents is 3. The van der Waals surface area contributed by atoms with Crippen LogP contribution >= 0.6 is 0 Å². The van der Waals surface area contributed by atoms with Gasteiger partial charge in [-0.25, -0.2) is 14.4 Å². The van der Waals surface area contributed by atoms with Crippen molar-refractivity contribution in [1.82, 2.24) is 13.7 Å². The maximum Gasteiger partial charge on any atom is 0.350 e. The number of nitrogens with zero attached hydrogens (tertiary/aromatic N) is 3. The lowest BCUT2D eigenvalue weighted by atomic mass is 9.67. The van der Waals surface area contributed by atoms with Crippen LogP contribution in [0.5, 0.6) is 17.2 Å². The summed E-state index contributed by atoms with van der Waals surface area (Å²) in [5.74, 6) is -5.19. The van der Waals surface area contributed by atoms with Crippen molar-refractivity contribution in [3.63, 3.8) is 0 Å². The summed E-state index contributed by atoms with van der Waals surface area (Å²) in [4.78, 5) is 92.2. The third-order valence-electron chi connectivity index (χ3n) is 16.0. The Morgan fingerprint density at radius 3 is 0.736 bits per heavy atom. The van der Waals surface area contributed by atoms with Crippen LogP contribution in [0.3, 0.4) is 0 Å². The molecular formula is C60H87N3O9. The molecule has 0 aliphatic heterocycles. The molecule has 0 saturated carbocycles. The number of hydrogen-bond donors (Lipinski definition) is 3. The van der Waals surface area contributed by atoms with Crippen molar-refractivity contribution < 1.29 is 29.7 Å². The molecule has 3 aromatic carbocycles. The second kappa shape index (κ2) is 20.8. The number of aromatic hydroxyl groups is 3. The molecule has 0 amide bonds. The predicted molar refractivity (Wildman–Crippen MR) is 289 cm³/mol. The Morgan fingerprint density at radius 1 is 0.375 bits per heavy atom. The van der Waals surface area contributed by atoms with E-state index in [1.54, 1.807) is 0 Å². The maximum absolute atomic E-state index is 15.5. The topological polar surface area (TPSA) is 178 Å². The summed E-state index contributed by atoms with van der Waals surface area (Å²) in [6.07, 6.45) is 1.60. The minimum atomic E-state index is -1.59. The lowest BCUT2D eigenvalue weighted by Gasteiger charge is -2.38. The number of carbonyl (C=O) groups is 3. The minimum absolute atomic E-state index is 0.0785. The van der Waals surface area contributed by atoms with Gasteiger partial charge in [0.15, 0.2) is 0 Å². The molecule has 1 heterocycles. The average Bonchev–Trinajstić information content (AvgIpc) is 3.20. The summed E-state index contributed by atoms with van der Waals surface area (Å²) < 4.78 is 0.518. The van der Waals surface area contributed by atoms with Gasteiger partial charge in [-0.2, -0.15) is 13.7 Å². The van der Waals surface area contributed by atoms with Gasteiger partial charge >= 0.3 is 17.1 Å². The molecule has 12 nitrogen and oxygen atoms in total. The third kappa shape index (κ3) is 13.0. The highest BCUT2D eigenvalue weighted by Gasteiger charge is 2.40. The van der Waals surface area contributed by atoms with Crippen LogP contribution in [0.25, 0.3) is 0 Å². The molecule has 4 aromatic rings. The van der Waals surface area contributed by atoms with E-state index in [1.165, 1.54) is 54.6 Å². The Labute approximate surface area is 428 Å². The van der Waals surface area contributed by atoms with Crippen LogP contribution in [-0.4, -0.2) is 46.7 Å². The van der Waals surface area contributed by atoms with E-state index in [4.69, 9.17) is 0 Å². The fraction of sp³-hybridized carbons (Fsp3) is 0.600. The van der Waals surface area contributed by atoms with Gasteiger partial charge in [0.2, 0.25) is 0 Å². The second-order valence-corrected chi connectivity index (χ2v) is 27.3. The van der Waals surface area contributed by atoms with Crippen LogP contribution in [0.1, 0.15) is 230 Å². The average molecular weight is 994 g/mol. The first-order valence-electron chi connectivity index (χ1n) is 25.7. The van der Waals surface area contributed by atoms with Crippen molar-refractivity contribution in [3.05, 3.63) is 119 Å². The van der Waals surface area contributed by atoms with Crippen LogP contribution in [-0.2, 0) is 0 Å². The number of benzene rings is 3.